The van der Waals surface area contributed by atoms with Crippen LogP contribution in [0.25, 0.3) is 0 Å². The van der Waals surface area contributed by atoms with Gasteiger partial charge in [-0.05, 0) is 30.7 Å². The number of benzene rings is 2. The molecule has 2 aromatic rings. The van der Waals surface area contributed by atoms with E-state index in [9.17, 15) is 16.8 Å². The quantitative estimate of drug-likeness (QED) is 0.817. The van der Waals surface area contributed by atoms with E-state index in [1.165, 1.54) is 43.3 Å². The summed E-state index contributed by atoms with van der Waals surface area (Å²) >= 11 is 0. The first-order chi connectivity index (χ1) is 9.65. The molecule has 0 spiro atoms. The number of sulfonamides is 1. The monoisotopic (exact) mass is 326 g/mol. The molecule has 2 rings (SSSR count). The van der Waals surface area contributed by atoms with Crippen molar-refractivity contribution < 1.29 is 16.8 Å². The second-order valence-electron chi connectivity index (χ2n) is 4.49. The first-order valence-electron chi connectivity index (χ1n) is 5.87. The van der Waals surface area contributed by atoms with Gasteiger partial charge in [0.1, 0.15) is 4.90 Å². The molecule has 0 bridgehead atoms. The van der Waals surface area contributed by atoms with E-state index in [4.69, 9.17) is 10.9 Å². The summed E-state index contributed by atoms with van der Waals surface area (Å²) in [6.45, 7) is 1.48. The van der Waals surface area contributed by atoms with Gasteiger partial charge in [0.2, 0.25) is 19.9 Å². The van der Waals surface area contributed by atoms with Crippen LogP contribution in [0.2, 0.25) is 0 Å². The lowest BCUT2D eigenvalue weighted by Gasteiger charge is -2.12. The summed E-state index contributed by atoms with van der Waals surface area (Å²) in [6.07, 6.45) is 0. The van der Waals surface area contributed by atoms with E-state index in [2.05, 4.69) is 0 Å². The molecule has 2 aromatic carbocycles. The Morgan fingerprint density at radius 2 is 1.43 bits per heavy atom. The topological polar surface area (TPSA) is 120 Å². The molecule has 21 heavy (non-hydrogen) atoms. The summed E-state index contributed by atoms with van der Waals surface area (Å²) in [4.78, 5) is -0.934. The van der Waals surface area contributed by atoms with Crippen molar-refractivity contribution in [2.75, 3.05) is 5.73 Å². The summed E-state index contributed by atoms with van der Waals surface area (Å²) in [6, 6.07) is 9.98. The zero-order valence-corrected chi connectivity index (χ0v) is 12.8. The fourth-order valence-electron chi connectivity index (χ4n) is 2.05. The van der Waals surface area contributed by atoms with E-state index in [0.717, 1.165) is 0 Å². The van der Waals surface area contributed by atoms with Crippen LogP contribution in [0.4, 0.5) is 5.69 Å². The van der Waals surface area contributed by atoms with Gasteiger partial charge in [0.15, 0.2) is 0 Å². The van der Waals surface area contributed by atoms with Crippen molar-refractivity contribution in [3.63, 3.8) is 0 Å². The molecule has 0 heterocycles. The number of primary sulfonamides is 1. The van der Waals surface area contributed by atoms with Gasteiger partial charge in [-0.2, -0.15) is 0 Å². The molecule has 0 atom stereocenters. The number of hydrogen-bond donors (Lipinski definition) is 2. The van der Waals surface area contributed by atoms with Crippen molar-refractivity contribution in [3.8, 4) is 0 Å². The third-order valence-corrected chi connectivity index (χ3v) is 6.07. The predicted molar refractivity (Wildman–Crippen MR) is 78.9 cm³/mol. The lowest BCUT2D eigenvalue weighted by molar-refractivity contribution is 0.583. The molecule has 0 aliphatic heterocycles. The van der Waals surface area contributed by atoms with Crippen LogP contribution >= 0.6 is 0 Å². The lowest BCUT2D eigenvalue weighted by atomic mass is 10.2. The third-order valence-electron chi connectivity index (χ3n) is 2.96. The molecule has 0 saturated heterocycles. The van der Waals surface area contributed by atoms with Crippen LogP contribution in [-0.4, -0.2) is 16.8 Å². The Morgan fingerprint density at radius 1 is 0.857 bits per heavy atom. The summed E-state index contributed by atoms with van der Waals surface area (Å²) in [7, 11) is -8.28. The van der Waals surface area contributed by atoms with Gasteiger partial charge >= 0.3 is 0 Å². The van der Waals surface area contributed by atoms with Gasteiger partial charge in [0, 0.05) is 0 Å². The van der Waals surface area contributed by atoms with Crippen molar-refractivity contribution >= 4 is 25.5 Å². The van der Waals surface area contributed by atoms with Crippen molar-refractivity contribution in [2.45, 2.75) is 21.6 Å². The van der Waals surface area contributed by atoms with Crippen LogP contribution in [0.3, 0.4) is 0 Å². The van der Waals surface area contributed by atoms with Gasteiger partial charge in [-0.3, -0.25) is 0 Å². The van der Waals surface area contributed by atoms with Crippen LogP contribution in [0.5, 0.6) is 0 Å². The van der Waals surface area contributed by atoms with Crippen molar-refractivity contribution in [1.29, 1.82) is 0 Å². The normalized spacial score (nSPS) is 12.3. The maximum absolute atomic E-state index is 12.7. The fraction of sp³-hybridized carbons (Fsp3) is 0.0769. The number of sulfone groups is 1. The highest BCUT2D eigenvalue weighted by Crippen LogP contribution is 2.31. The molecular formula is C13H14N2O4S2. The zero-order chi connectivity index (χ0) is 15.8. The first kappa shape index (κ1) is 15.5. The lowest BCUT2D eigenvalue weighted by Crippen LogP contribution is -2.18. The van der Waals surface area contributed by atoms with Gasteiger partial charge in [0.05, 0.1) is 15.5 Å². The van der Waals surface area contributed by atoms with Crippen molar-refractivity contribution in [3.05, 3.63) is 48.0 Å². The molecule has 0 fully saturated rings. The molecule has 0 aliphatic carbocycles. The Balaban J connectivity index is 2.86. The highest BCUT2D eigenvalue weighted by molar-refractivity contribution is 7.93. The van der Waals surface area contributed by atoms with Crippen LogP contribution in [0, 0.1) is 6.92 Å². The van der Waals surface area contributed by atoms with Crippen LogP contribution in [0.1, 0.15) is 5.56 Å². The Bertz CT molecular complexity index is 904. The first-order valence-corrected chi connectivity index (χ1v) is 8.90. The average Bonchev–Trinajstić information content (AvgIpc) is 2.37. The molecule has 112 valence electrons. The summed E-state index contributed by atoms with van der Waals surface area (Å²) < 4.78 is 48.8. The molecular weight excluding hydrogens is 312 g/mol. The van der Waals surface area contributed by atoms with Crippen LogP contribution in [0.15, 0.2) is 57.2 Å². The molecule has 0 amide bonds. The van der Waals surface area contributed by atoms with Gasteiger partial charge < -0.3 is 5.73 Å². The predicted octanol–water partition coefficient (Wildman–Crippen LogP) is 1.06. The Kier molecular flexibility index (Phi) is 3.79. The Labute approximate surface area is 123 Å². The molecule has 0 aliphatic rings. The number of para-hydroxylation sites is 1. The van der Waals surface area contributed by atoms with E-state index in [1.54, 1.807) is 6.07 Å². The smallest absolute Gasteiger partial charge is 0.239 e. The van der Waals surface area contributed by atoms with E-state index < -0.39 is 24.8 Å². The number of rotatable bonds is 3. The summed E-state index contributed by atoms with van der Waals surface area (Å²) in [5.74, 6) is 0. The number of aryl methyl sites for hydroxylation is 1. The minimum absolute atomic E-state index is 0.0411. The van der Waals surface area contributed by atoms with Gasteiger partial charge in [-0.15, -0.1) is 0 Å². The maximum Gasteiger partial charge on any atom is 0.239 e. The molecule has 0 aromatic heterocycles. The SMILES string of the molecule is Cc1cccc(S(=O)(=O)c2ccccc2N)c1S(N)(=O)=O. The minimum Gasteiger partial charge on any atom is -0.398 e. The second-order valence-corrected chi connectivity index (χ2v) is 7.87. The van der Waals surface area contributed by atoms with E-state index in [1.807, 2.05) is 0 Å². The molecule has 8 heteroatoms. The molecule has 0 saturated carbocycles. The highest BCUT2D eigenvalue weighted by Gasteiger charge is 2.28. The minimum atomic E-state index is -4.19. The Hall–Kier alpha value is -1.90. The van der Waals surface area contributed by atoms with Crippen LogP contribution in [-0.2, 0) is 19.9 Å². The highest BCUT2D eigenvalue weighted by atomic mass is 32.2. The second kappa shape index (κ2) is 5.14. The van der Waals surface area contributed by atoms with Gasteiger partial charge in [-0.1, -0.05) is 24.3 Å². The Morgan fingerprint density at radius 3 is 2.00 bits per heavy atom. The number of nitrogen functional groups attached to an aromatic ring is 1. The molecule has 0 radical (unpaired) electrons. The average molecular weight is 326 g/mol. The van der Waals surface area contributed by atoms with E-state index in [0.29, 0.717) is 0 Å². The number of anilines is 1. The van der Waals surface area contributed by atoms with Crippen molar-refractivity contribution in [2.24, 2.45) is 5.14 Å². The molecule has 6 nitrogen and oxygen atoms in total. The summed E-state index contributed by atoms with van der Waals surface area (Å²) in [5.41, 5.74) is 5.98. The van der Waals surface area contributed by atoms with Crippen molar-refractivity contribution in [1.82, 2.24) is 0 Å². The standard InChI is InChI=1S/C13H14N2O4S2/c1-9-5-4-8-12(13(9)21(15,18)19)20(16,17)11-7-3-2-6-10(11)14/h2-8H,14H2,1H3,(H2,15,18,19). The number of nitrogens with two attached hydrogens (primary N) is 2. The summed E-state index contributed by atoms with van der Waals surface area (Å²) in [5, 5.41) is 5.15. The maximum atomic E-state index is 12.7. The largest absolute Gasteiger partial charge is 0.398 e. The molecule has 4 N–H and O–H groups in total. The third kappa shape index (κ3) is 2.78. The zero-order valence-electron chi connectivity index (χ0n) is 11.1. The van der Waals surface area contributed by atoms with E-state index >= 15 is 0 Å². The van der Waals surface area contributed by atoms with E-state index in [-0.39, 0.29) is 21.0 Å². The molecule has 0 unspecified atom stereocenters. The van der Waals surface area contributed by atoms with Crippen LogP contribution < -0.4 is 10.9 Å². The van der Waals surface area contributed by atoms with Gasteiger partial charge in [0.25, 0.3) is 0 Å². The fourth-order valence-corrected chi connectivity index (χ4v) is 5.12. The number of hydrogen-bond acceptors (Lipinski definition) is 5. The van der Waals surface area contributed by atoms with Gasteiger partial charge in [-0.25, -0.2) is 22.0 Å².